The van der Waals surface area contributed by atoms with Crippen LogP contribution < -0.4 is 5.32 Å². The molecule has 0 aromatic heterocycles. The van der Waals surface area contributed by atoms with Crippen molar-refractivity contribution in [1.29, 1.82) is 0 Å². The van der Waals surface area contributed by atoms with E-state index in [0.29, 0.717) is 24.8 Å². The van der Waals surface area contributed by atoms with Crippen LogP contribution in [0.1, 0.15) is 96.1 Å². The Bertz CT molecular complexity index is 1190. The first-order chi connectivity index (χ1) is 21.7. The van der Waals surface area contributed by atoms with Crippen LogP contribution in [0.5, 0.6) is 0 Å². The first-order valence-electron chi connectivity index (χ1n) is 16.5. The normalized spacial score (nSPS) is 24.6. The third-order valence-electron chi connectivity index (χ3n) is 8.26. The molecule has 5 atom stereocenters. The van der Waals surface area contributed by atoms with Crippen molar-refractivity contribution < 1.29 is 38.8 Å². The average molecular weight is 626 g/mol. The fraction of sp³-hybridized carbons (Fsp3) is 0.583. The van der Waals surface area contributed by atoms with Gasteiger partial charge in [0, 0.05) is 25.7 Å². The van der Waals surface area contributed by atoms with E-state index in [2.05, 4.69) is 5.32 Å². The van der Waals surface area contributed by atoms with E-state index >= 15 is 0 Å². The molecule has 3 N–H and O–H groups in total. The Morgan fingerprint density at radius 1 is 0.800 bits per heavy atom. The number of hydrogen-bond acceptors (Lipinski definition) is 8. The van der Waals surface area contributed by atoms with Crippen molar-refractivity contribution in [3.63, 3.8) is 0 Å². The molecule has 1 fully saturated rings. The maximum atomic E-state index is 14.1. The van der Waals surface area contributed by atoms with Crippen molar-refractivity contribution in [2.24, 2.45) is 0 Å². The lowest BCUT2D eigenvalue weighted by Crippen LogP contribution is -2.78. The van der Waals surface area contributed by atoms with Gasteiger partial charge in [-0.1, -0.05) is 107 Å². The number of benzene rings is 2. The van der Waals surface area contributed by atoms with Crippen molar-refractivity contribution in [3.05, 3.63) is 71.8 Å². The van der Waals surface area contributed by atoms with E-state index in [-0.39, 0.29) is 38.2 Å². The summed E-state index contributed by atoms with van der Waals surface area (Å²) in [5.74, 6) is -3.55. The van der Waals surface area contributed by atoms with Crippen molar-refractivity contribution in [3.8, 4) is 0 Å². The fourth-order valence-electron chi connectivity index (χ4n) is 5.76. The molecule has 0 saturated carbocycles. The molecule has 0 radical (unpaired) electrons. The van der Waals surface area contributed by atoms with Crippen molar-refractivity contribution in [1.82, 2.24) is 5.32 Å². The van der Waals surface area contributed by atoms with E-state index in [1.807, 2.05) is 81.4 Å². The second-order valence-corrected chi connectivity index (χ2v) is 12.0. The number of ketones is 1. The molecule has 3 rings (SSSR count). The summed E-state index contributed by atoms with van der Waals surface area (Å²) in [6, 6.07) is 17.0. The number of Topliss-reactive ketones (excluding diaryl/α,β-unsaturated/α-hetero) is 1. The summed E-state index contributed by atoms with van der Waals surface area (Å²) >= 11 is 0. The van der Waals surface area contributed by atoms with Crippen LogP contribution in [0.3, 0.4) is 0 Å². The molecule has 0 aliphatic carbocycles. The van der Waals surface area contributed by atoms with Gasteiger partial charge in [-0.2, -0.15) is 0 Å². The smallest absolute Gasteiger partial charge is 0.305 e. The molecule has 1 aliphatic heterocycles. The van der Waals surface area contributed by atoms with Gasteiger partial charge in [-0.3, -0.25) is 14.4 Å². The molecule has 248 valence electrons. The molecule has 0 bridgehead atoms. The Labute approximate surface area is 267 Å². The highest BCUT2D eigenvalue weighted by atomic mass is 16.7. The van der Waals surface area contributed by atoms with Gasteiger partial charge in [-0.05, 0) is 30.4 Å². The maximum absolute atomic E-state index is 14.1. The standard InChI is InChI=1S/C36H51NO8/c1-4-7-11-22-29(38)36(42)30(26-43-32(40)23-12-8-5-2)45-35(41,24-27-18-13-9-14-19-27)33(37-31(39)17-6-3)34(36)44-25-28-20-15-10-16-21-28/h9-10,13-16,18-21,30,33-34,41-42H,4-8,11-12,17,22-26H2,1-3H3,(H,37,39)/t30-,33-,34-,35?,36-/m1/s1. The Hall–Kier alpha value is -3.11. The number of unbranched alkanes of at least 4 members (excludes halogenated alkanes) is 4. The Morgan fingerprint density at radius 2 is 1.40 bits per heavy atom. The number of ether oxygens (including phenoxy) is 3. The Kier molecular flexibility index (Phi) is 14.7. The number of nitrogens with one attached hydrogen (secondary N) is 1. The quantitative estimate of drug-likeness (QED) is 0.144. The summed E-state index contributed by atoms with van der Waals surface area (Å²) in [6.07, 6.45) is 2.52. The van der Waals surface area contributed by atoms with E-state index in [1.54, 1.807) is 0 Å². The number of amides is 1. The number of esters is 1. The van der Waals surface area contributed by atoms with Gasteiger partial charge in [-0.25, -0.2) is 0 Å². The van der Waals surface area contributed by atoms with Gasteiger partial charge in [0.2, 0.25) is 5.91 Å². The zero-order valence-electron chi connectivity index (χ0n) is 27.0. The minimum Gasteiger partial charge on any atom is -0.463 e. The molecule has 0 spiro atoms. The van der Waals surface area contributed by atoms with Crippen LogP contribution in [-0.2, 0) is 41.6 Å². The molecular weight excluding hydrogens is 574 g/mol. The molecule has 45 heavy (non-hydrogen) atoms. The highest BCUT2D eigenvalue weighted by molar-refractivity contribution is 5.89. The van der Waals surface area contributed by atoms with Crippen LogP contribution in [0.25, 0.3) is 0 Å². The topological polar surface area (TPSA) is 131 Å². The van der Waals surface area contributed by atoms with Crippen molar-refractivity contribution >= 4 is 17.7 Å². The zero-order valence-corrected chi connectivity index (χ0v) is 27.0. The van der Waals surface area contributed by atoms with E-state index in [0.717, 1.165) is 31.2 Å². The molecule has 1 saturated heterocycles. The monoisotopic (exact) mass is 625 g/mol. The van der Waals surface area contributed by atoms with Crippen LogP contribution >= 0.6 is 0 Å². The first-order valence-corrected chi connectivity index (χ1v) is 16.5. The van der Waals surface area contributed by atoms with Gasteiger partial charge in [-0.15, -0.1) is 0 Å². The highest BCUT2D eigenvalue weighted by Crippen LogP contribution is 2.41. The predicted molar refractivity (Wildman–Crippen MR) is 171 cm³/mol. The maximum Gasteiger partial charge on any atom is 0.305 e. The summed E-state index contributed by atoms with van der Waals surface area (Å²) in [6.45, 7) is 5.41. The SMILES string of the molecule is CCCCCC(=O)OC[C@H]1OC(O)(Cc2ccccc2)[C@H](NC(=O)CCC)[C@@H](OCc2ccccc2)[C@@]1(O)C(=O)CCCCC. The summed E-state index contributed by atoms with van der Waals surface area (Å²) < 4.78 is 18.2. The molecule has 1 unspecified atom stereocenters. The minimum absolute atomic E-state index is 0.0128. The van der Waals surface area contributed by atoms with Gasteiger partial charge in [0.25, 0.3) is 0 Å². The number of hydrogen-bond donors (Lipinski definition) is 3. The highest BCUT2D eigenvalue weighted by Gasteiger charge is 2.65. The van der Waals surface area contributed by atoms with E-state index in [4.69, 9.17) is 14.2 Å². The summed E-state index contributed by atoms with van der Waals surface area (Å²) in [5, 5.41) is 27.7. The van der Waals surface area contributed by atoms with E-state index in [9.17, 15) is 24.6 Å². The average Bonchev–Trinajstić information content (AvgIpc) is 3.03. The van der Waals surface area contributed by atoms with Gasteiger partial charge >= 0.3 is 5.97 Å². The lowest BCUT2D eigenvalue weighted by Gasteiger charge is -2.54. The van der Waals surface area contributed by atoms with Crippen LogP contribution in [0.2, 0.25) is 0 Å². The predicted octanol–water partition coefficient (Wildman–Crippen LogP) is 5.19. The van der Waals surface area contributed by atoms with Gasteiger partial charge in [0.05, 0.1) is 6.61 Å². The molecule has 9 nitrogen and oxygen atoms in total. The zero-order chi connectivity index (χ0) is 32.7. The number of carbonyl (C=O) groups is 3. The fourth-order valence-corrected chi connectivity index (χ4v) is 5.76. The number of rotatable bonds is 19. The van der Waals surface area contributed by atoms with Crippen molar-refractivity contribution in [2.75, 3.05) is 6.61 Å². The summed E-state index contributed by atoms with van der Waals surface area (Å²) in [4.78, 5) is 39.9. The molecule has 1 aliphatic rings. The van der Waals surface area contributed by atoms with Crippen LogP contribution in [0, 0.1) is 0 Å². The Balaban J connectivity index is 2.10. The molecule has 2 aromatic carbocycles. The number of carbonyl (C=O) groups excluding carboxylic acids is 3. The molecule has 1 heterocycles. The molecule has 9 heteroatoms. The van der Waals surface area contributed by atoms with Crippen LogP contribution in [0.4, 0.5) is 0 Å². The molecule has 2 aromatic rings. The second-order valence-electron chi connectivity index (χ2n) is 12.0. The summed E-state index contributed by atoms with van der Waals surface area (Å²) in [7, 11) is 0. The minimum atomic E-state index is -2.35. The largest absolute Gasteiger partial charge is 0.463 e. The molecular formula is C36H51NO8. The van der Waals surface area contributed by atoms with Gasteiger partial charge in [0.1, 0.15) is 24.9 Å². The van der Waals surface area contributed by atoms with Gasteiger partial charge in [0.15, 0.2) is 17.2 Å². The first kappa shape index (κ1) is 36.4. The lowest BCUT2D eigenvalue weighted by atomic mass is 9.74. The van der Waals surface area contributed by atoms with E-state index in [1.165, 1.54) is 0 Å². The second kappa shape index (κ2) is 18.1. The van der Waals surface area contributed by atoms with Gasteiger partial charge < -0.3 is 29.7 Å². The summed E-state index contributed by atoms with van der Waals surface area (Å²) in [5.41, 5.74) is -0.875. The van der Waals surface area contributed by atoms with Crippen LogP contribution in [0.15, 0.2) is 60.7 Å². The third-order valence-corrected chi connectivity index (χ3v) is 8.26. The lowest BCUT2D eigenvalue weighted by molar-refractivity contribution is -0.343. The van der Waals surface area contributed by atoms with E-state index < -0.39 is 48.0 Å². The Morgan fingerprint density at radius 3 is 2.00 bits per heavy atom. The third kappa shape index (κ3) is 10.2. The molecule has 1 amide bonds. The van der Waals surface area contributed by atoms with Crippen molar-refractivity contribution in [2.45, 2.75) is 128 Å². The van der Waals surface area contributed by atoms with Crippen LogP contribution in [-0.4, -0.2) is 64.1 Å². The number of aliphatic hydroxyl groups is 2.